The van der Waals surface area contributed by atoms with Gasteiger partial charge >= 0.3 is 0 Å². The molecule has 0 saturated heterocycles. The minimum atomic E-state index is -4.01. The number of hydrogen-bond donors (Lipinski definition) is 1. The van der Waals surface area contributed by atoms with Crippen LogP contribution in [0.1, 0.15) is 22.8 Å². The second kappa shape index (κ2) is 9.10. The smallest absolute Gasteiger partial charge is 0.282 e. The first-order valence-electron chi connectivity index (χ1n) is 9.83. The molecule has 1 N–H and O–H groups in total. The number of ketones is 1. The first-order chi connectivity index (χ1) is 15.4. The Hall–Kier alpha value is -3.23. The van der Waals surface area contributed by atoms with Gasteiger partial charge in [0, 0.05) is 21.3 Å². The van der Waals surface area contributed by atoms with Crippen LogP contribution in [0.3, 0.4) is 0 Å². The third-order valence-electron chi connectivity index (χ3n) is 4.75. The van der Waals surface area contributed by atoms with E-state index in [-0.39, 0.29) is 22.1 Å². The lowest BCUT2D eigenvalue weighted by Crippen LogP contribution is -2.22. The van der Waals surface area contributed by atoms with Crippen LogP contribution in [0.4, 0.5) is 5.69 Å². The van der Waals surface area contributed by atoms with Gasteiger partial charge in [-0.05, 0) is 61.5 Å². The number of halogens is 1. The number of nitrogens with one attached hydrogen (secondary N) is 1. The number of anilines is 1. The third kappa shape index (κ3) is 4.66. The van der Waals surface area contributed by atoms with E-state index in [4.69, 9.17) is 4.74 Å². The van der Waals surface area contributed by atoms with Gasteiger partial charge in [0.15, 0.2) is 0 Å². The summed E-state index contributed by atoms with van der Waals surface area (Å²) in [5.41, 5.74) is 1.98. The molecule has 0 amide bonds. The zero-order valence-electron chi connectivity index (χ0n) is 17.1. The molecule has 0 bridgehead atoms. The van der Waals surface area contributed by atoms with Crippen molar-refractivity contribution in [3.63, 3.8) is 0 Å². The monoisotopic (exact) mass is 510 g/mol. The van der Waals surface area contributed by atoms with Crippen molar-refractivity contribution in [3.05, 3.63) is 100 Å². The van der Waals surface area contributed by atoms with Gasteiger partial charge in [0.2, 0.25) is 5.78 Å². The molecule has 32 heavy (non-hydrogen) atoms. The minimum absolute atomic E-state index is 0.0404. The Bertz CT molecular complexity index is 1330. The lowest BCUT2D eigenvalue weighted by molar-refractivity contribution is 0.103. The van der Waals surface area contributed by atoms with Gasteiger partial charge in [-0.15, -0.1) is 0 Å². The van der Waals surface area contributed by atoms with E-state index in [1.165, 1.54) is 18.2 Å². The summed E-state index contributed by atoms with van der Waals surface area (Å²) in [6.45, 7) is 2.34. The molecular formula is C24H19BrN2O4S. The van der Waals surface area contributed by atoms with Gasteiger partial charge in [-0.25, -0.2) is 0 Å². The molecule has 0 fully saturated rings. The van der Waals surface area contributed by atoms with Crippen molar-refractivity contribution in [2.75, 3.05) is 11.9 Å². The predicted octanol–water partition coefficient (Wildman–Crippen LogP) is 5.22. The largest absolute Gasteiger partial charge is 0.494 e. The van der Waals surface area contributed by atoms with Crippen LogP contribution in [0.25, 0.3) is 0 Å². The molecule has 3 aromatic rings. The summed E-state index contributed by atoms with van der Waals surface area (Å²) in [5, 5.41) is 3.07. The van der Waals surface area contributed by atoms with Gasteiger partial charge in [-0.2, -0.15) is 12.8 Å². The Kier molecular flexibility index (Phi) is 6.25. The molecule has 1 aliphatic rings. The molecule has 0 atom stereocenters. The van der Waals surface area contributed by atoms with E-state index in [1.54, 1.807) is 36.4 Å². The number of fused-ring (bicyclic) bond motifs is 1. The van der Waals surface area contributed by atoms with Gasteiger partial charge in [0.25, 0.3) is 10.0 Å². The van der Waals surface area contributed by atoms with E-state index in [0.717, 1.165) is 4.47 Å². The average Bonchev–Trinajstić information content (AvgIpc) is 2.79. The third-order valence-corrected chi connectivity index (χ3v) is 6.58. The Balaban J connectivity index is 1.75. The second-order valence-electron chi connectivity index (χ2n) is 6.92. The molecule has 0 heterocycles. The Morgan fingerprint density at radius 1 is 0.938 bits per heavy atom. The lowest BCUT2D eigenvalue weighted by atomic mass is 9.92. The lowest BCUT2D eigenvalue weighted by Gasteiger charge is -2.18. The van der Waals surface area contributed by atoms with Crippen LogP contribution in [0, 0.1) is 0 Å². The van der Waals surface area contributed by atoms with Crippen LogP contribution < -0.4 is 10.1 Å². The van der Waals surface area contributed by atoms with Crippen LogP contribution in [0.15, 0.2) is 98.3 Å². The molecule has 0 radical (unpaired) electrons. The SMILES string of the molecule is CCOc1ccc(S(=O)(=O)N=C2C=C(Nc3ccc(Br)cc3)C(=O)c3ccccc32)cc1. The number of benzene rings is 3. The number of nitrogens with zero attached hydrogens (tertiary/aromatic N) is 1. The molecule has 0 aromatic heterocycles. The van der Waals surface area contributed by atoms with Gasteiger partial charge in [0.1, 0.15) is 5.75 Å². The van der Waals surface area contributed by atoms with Gasteiger partial charge < -0.3 is 10.1 Å². The quantitative estimate of drug-likeness (QED) is 0.491. The second-order valence-corrected chi connectivity index (χ2v) is 9.44. The molecule has 6 nitrogen and oxygen atoms in total. The fraction of sp³-hybridized carbons (Fsp3) is 0.0833. The number of carbonyl (C=O) groups excluding carboxylic acids is 1. The van der Waals surface area contributed by atoms with Crippen molar-refractivity contribution in [1.82, 2.24) is 0 Å². The maximum Gasteiger partial charge on any atom is 0.282 e. The molecule has 3 aromatic carbocycles. The highest BCUT2D eigenvalue weighted by molar-refractivity contribution is 9.10. The molecule has 162 valence electrons. The summed E-state index contributed by atoms with van der Waals surface area (Å²) in [5.74, 6) is 0.342. The fourth-order valence-corrected chi connectivity index (χ4v) is 4.50. The normalized spacial score (nSPS) is 14.6. The number of rotatable bonds is 6. The van der Waals surface area contributed by atoms with E-state index in [0.29, 0.717) is 29.2 Å². The van der Waals surface area contributed by atoms with E-state index in [1.807, 2.05) is 31.2 Å². The van der Waals surface area contributed by atoms with Gasteiger partial charge in [0.05, 0.1) is 22.9 Å². The fourth-order valence-electron chi connectivity index (χ4n) is 3.24. The average molecular weight is 511 g/mol. The van der Waals surface area contributed by atoms with Crippen molar-refractivity contribution < 1.29 is 17.9 Å². The molecular weight excluding hydrogens is 492 g/mol. The first kappa shape index (κ1) is 22.0. The Morgan fingerprint density at radius 2 is 1.59 bits per heavy atom. The standard InChI is InChI=1S/C24H19BrN2O4S/c1-2-31-18-11-13-19(14-12-18)32(29,30)27-22-15-23(26-17-9-7-16(25)8-10-17)24(28)21-6-4-3-5-20(21)22/h3-15,26H,2H2,1H3. The van der Waals surface area contributed by atoms with Crippen LogP contribution in [0.2, 0.25) is 0 Å². The summed E-state index contributed by atoms with van der Waals surface area (Å²) in [6, 6.07) is 20.2. The van der Waals surface area contributed by atoms with Crippen molar-refractivity contribution in [3.8, 4) is 5.75 Å². The maximum atomic E-state index is 13.0. The number of carbonyl (C=O) groups is 1. The number of allylic oxidation sites excluding steroid dienone is 2. The zero-order chi connectivity index (χ0) is 22.7. The predicted molar refractivity (Wildman–Crippen MR) is 128 cm³/mol. The topological polar surface area (TPSA) is 84.8 Å². The summed E-state index contributed by atoms with van der Waals surface area (Å²) in [4.78, 5) is 13.1. The van der Waals surface area contributed by atoms with Crippen LogP contribution >= 0.6 is 15.9 Å². The van der Waals surface area contributed by atoms with Crippen LogP contribution in [0.5, 0.6) is 5.75 Å². The summed E-state index contributed by atoms with van der Waals surface area (Å²) in [6.07, 6.45) is 1.47. The van der Waals surface area contributed by atoms with E-state index in [2.05, 4.69) is 25.6 Å². The van der Waals surface area contributed by atoms with Gasteiger partial charge in [-0.3, -0.25) is 4.79 Å². The first-order valence-corrected chi connectivity index (χ1v) is 12.1. The summed E-state index contributed by atoms with van der Waals surface area (Å²) >= 11 is 3.38. The molecule has 1 aliphatic carbocycles. The Morgan fingerprint density at radius 3 is 2.25 bits per heavy atom. The number of hydrogen-bond acceptors (Lipinski definition) is 5. The zero-order valence-corrected chi connectivity index (χ0v) is 19.5. The van der Waals surface area contributed by atoms with E-state index < -0.39 is 10.0 Å². The highest BCUT2D eigenvalue weighted by atomic mass is 79.9. The molecule has 0 spiro atoms. The van der Waals surface area contributed by atoms with E-state index >= 15 is 0 Å². The molecule has 8 heteroatoms. The van der Waals surface area contributed by atoms with E-state index in [9.17, 15) is 13.2 Å². The highest BCUT2D eigenvalue weighted by Gasteiger charge is 2.26. The summed E-state index contributed by atoms with van der Waals surface area (Å²) in [7, 11) is -4.01. The number of sulfonamides is 1. The van der Waals surface area contributed by atoms with Crippen molar-refractivity contribution in [2.24, 2.45) is 4.40 Å². The Labute approximate surface area is 194 Å². The highest BCUT2D eigenvalue weighted by Crippen LogP contribution is 2.26. The van der Waals surface area contributed by atoms with Crippen molar-refractivity contribution in [1.29, 1.82) is 0 Å². The van der Waals surface area contributed by atoms with Crippen molar-refractivity contribution in [2.45, 2.75) is 11.8 Å². The van der Waals surface area contributed by atoms with Crippen molar-refractivity contribution >= 4 is 43.1 Å². The van der Waals surface area contributed by atoms with Gasteiger partial charge in [-0.1, -0.05) is 40.2 Å². The maximum absolute atomic E-state index is 13.0. The summed E-state index contributed by atoms with van der Waals surface area (Å²) < 4.78 is 36.3. The molecule has 0 unspecified atom stereocenters. The molecule has 0 aliphatic heterocycles. The van der Waals surface area contributed by atoms with Crippen LogP contribution in [-0.4, -0.2) is 26.5 Å². The number of ether oxygens (including phenoxy) is 1. The number of Topliss-reactive ketones (excluding diaryl/α,β-unsaturated/α-hetero) is 1. The molecule has 4 rings (SSSR count). The van der Waals surface area contributed by atoms with Crippen LogP contribution in [-0.2, 0) is 10.0 Å². The minimum Gasteiger partial charge on any atom is -0.494 e. The molecule has 0 saturated carbocycles.